The molecule has 0 radical (unpaired) electrons. The lowest BCUT2D eigenvalue weighted by Gasteiger charge is -2.11. The van der Waals surface area contributed by atoms with Crippen molar-refractivity contribution in [1.29, 1.82) is 0 Å². The summed E-state index contributed by atoms with van der Waals surface area (Å²) in [6.45, 7) is 4.56. The van der Waals surface area contributed by atoms with Gasteiger partial charge in [-0.05, 0) is 11.6 Å². The first-order chi connectivity index (χ1) is 10.9. The van der Waals surface area contributed by atoms with E-state index in [1.165, 1.54) is 0 Å². The van der Waals surface area contributed by atoms with E-state index in [0.29, 0.717) is 0 Å². The van der Waals surface area contributed by atoms with Crippen molar-refractivity contribution in [3.05, 3.63) is 77.9 Å². The molecule has 3 heteroatoms. The molecule has 0 unspecified atom stereocenters. The summed E-state index contributed by atoms with van der Waals surface area (Å²) in [4.78, 5) is 11.7. The molecule has 3 rings (SSSR count). The lowest BCUT2D eigenvalue weighted by molar-refractivity contribution is 0.104. The molecule has 1 heterocycles. The Hall–Kier alpha value is -2.23. The van der Waals surface area contributed by atoms with Crippen LogP contribution in [0.3, 0.4) is 0 Å². The number of piperazine rings is 1. The van der Waals surface area contributed by atoms with Crippen LogP contribution in [-0.4, -0.2) is 32.0 Å². The number of nitrogens with one attached hydrogen (secondary N) is 2. The number of rotatable bonds is 3. The SMILES string of the molecule is C1CNCCN1.O=C(C=Cc1ccccc1)c1ccccc1. The van der Waals surface area contributed by atoms with Gasteiger partial charge in [0.05, 0.1) is 0 Å². The second-order valence-electron chi connectivity index (χ2n) is 4.97. The summed E-state index contributed by atoms with van der Waals surface area (Å²) in [6.07, 6.45) is 3.43. The third-order valence-corrected chi connectivity index (χ3v) is 3.24. The van der Waals surface area contributed by atoms with E-state index in [4.69, 9.17) is 0 Å². The van der Waals surface area contributed by atoms with Gasteiger partial charge in [0.2, 0.25) is 0 Å². The molecule has 0 aliphatic carbocycles. The maximum absolute atomic E-state index is 11.7. The van der Waals surface area contributed by atoms with Crippen molar-refractivity contribution in [3.63, 3.8) is 0 Å². The molecular formula is C19H22N2O. The van der Waals surface area contributed by atoms with Gasteiger partial charge in [0.1, 0.15) is 0 Å². The van der Waals surface area contributed by atoms with E-state index in [0.717, 1.165) is 37.3 Å². The lowest BCUT2D eigenvalue weighted by atomic mass is 10.1. The average Bonchev–Trinajstić information content (AvgIpc) is 2.63. The van der Waals surface area contributed by atoms with Crippen LogP contribution in [0, 0.1) is 0 Å². The highest BCUT2D eigenvalue weighted by Gasteiger charge is 1.98. The largest absolute Gasteiger partial charge is 0.314 e. The highest BCUT2D eigenvalue weighted by atomic mass is 16.1. The zero-order valence-corrected chi connectivity index (χ0v) is 12.7. The third-order valence-electron chi connectivity index (χ3n) is 3.24. The normalized spacial score (nSPS) is 14.2. The molecule has 1 fully saturated rings. The zero-order valence-electron chi connectivity index (χ0n) is 12.7. The van der Waals surface area contributed by atoms with Gasteiger partial charge >= 0.3 is 0 Å². The van der Waals surface area contributed by atoms with Gasteiger partial charge in [0.15, 0.2) is 5.78 Å². The van der Waals surface area contributed by atoms with Crippen molar-refractivity contribution in [2.24, 2.45) is 0 Å². The molecule has 0 atom stereocenters. The van der Waals surface area contributed by atoms with E-state index in [9.17, 15) is 4.79 Å². The van der Waals surface area contributed by atoms with Crippen molar-refractivity contribution < 1.29 is 4.79 Å². The van der Waals surface area contributed by atoms with Crippen molar-refractivity contribution in [3.8, 4) is 0 Å². The average molecular weight is 294 g/mol. The van der Waals surface area contributed by atoms with Crippen LogP contribution in [0.1, 0.15) is 15.9 Å². The molecule has 114 valence electrons. The monoisotopic (exact) mass is 294 g/mol. The molecule has 1 aliphatic rings. The molecule has 2 aromatic rings. The Morgan fingerprint density at radius 2 is 1.27 bits per heavy atom. The zero-order chi connectivity index (χ0) is 15.5. The Bertz CT molecular complexity index is 563. The van der Waals surface area contributed by atoms with Crippen LogP contribution < -0.4 is 10.6 Å². The molecule has 0 aromatic heterocycles. The number of hydrogen-bond acceptors (Lipinski definition) is 3. The van der Waals surface area contributed by atoms with E-state index in [1.54, 1.807) is 6.08 Å². The van der Waals surface area contributed by atoms with E-state index in [1.807, 2.05) is 66.7 Å². The van der Waals surface area contributed by atoms with Gasteiger partial charge in [-0.2, -0.15) is 0 Å². The highest BCUT2D eigenvalue weighted by Crippen LogP contribution is 2.05. The number of allylic oxidation sites excluding steroid dienone is 1. The number of benzene rings is 2. The minimum atomic E-state index is 0.0319. The van der Waals surface area contributed by atoms with Crippen molar-refractivity contribution >= 4 is 11.9 Å². The second-order valence-corrected chi connectivity index (χ2v) is 4.97. The number of ketones is 1. The Labute approximate surface area is 132 Å². The highest BCUT2D eigenvalue weighted by molar-refractivity contribution is 6.06. The summed E-state index contributed by atoms with van der Waals surface area (Å²) in [7, 11) is 0. The smallest absolute Gasteiger partial charge is 0.185 e. The standard InChI is InChI=1S/C15H12O.C4H10N2/c16-15(14-9-5-2-6-10-14)12-11-13-7-3-1-4-8-13;1-2-6-4-3-5-1/h1-12H;5-6H,1-4H2. The molecule has 22 heavy (non-hydrogen) atoms. The van der Waals surface area contributed by atoms with Gasteiger partial charge in [-0.25, -0.2) is 0 Å². The van der Waals surface area contributed by atoms with Gasteiger partial charge in [0.25, 0.3) is 0 Å². The Morgan fingerprint density at radius 3 is 1.77 bits per heavy atom. The summed E-state index contributed by atoms with van der Waals surface area (Å²) in [5, 5.41) is 6.44. The fraction of sp³-hybridized carbons (Fsp3) is 0.211. The Balaban J connectivity index is 0.000000246. The van der Waals surface area contributed by atoms with Gasteiger partial charge in [0, 0.05) is 31.7 Å². The number of carbonyl (C=O) groups is 1. The molecule has 0 amide bonds. The summed E-state index contributed by atoms with van der Waals surface area (Å²) in [5.74, 6) is 0.0319. The first-order valence-electron chi connectivity index (χ1n) is 7.60. The lowest BCUT2D eigenvalue weighted by Crippen LogP contribution is -2.39. The van der Waals surface area contributed by atoms with Crippen LogP contribution in [0.15, 0.2) is 66.7 Å². The number of carbonyl (C=O) groups excluding carboxylic acids is 1. The van der Waals surface area contributed by atoms with Crippen LogP contribution in [0.2, 0.25) is 0 Å². The maximum Gasteiger partial charge on any atom is 0.185 e. The Morgan fingerprint density at radius 1 is 0.773 bits per heavy atom. The fourth-order valence-corrected chi connectivity index (χ4v) is 2.04. The molecule has 1 aliphatic heterocycles. The molecule has 1 saturated heterocycles. The first kappa shape index (κ1) is 16.1. The van der Waals surface area contributed by atoms with Crippen LogP contribution in [0.5, 0.6) is 0 Å². The van der Waals surface area contributed by atoms with Crippen LogP contribution in [0.25, 0.3) is 6.08 Å². The predicted molar refractivity (Wildman–Crippen MR) is 92.0 cm³/mol. The minimum absolute atomic E-state index is 0.0319. The van der Waals surface area contributed by atoms with E-state index in [-0.39, 0.29) is 5.78 Å². The summed E-state index contributed by atoms with van der Waals surface area (Å²) >= 11 is 0. The molecule has 2 aromatic carbocycles. The van der Waals surface area contributed by atoms with Crippen molar-refractivity contribution in [2.75, 3.05) is 26.2 Å². The quantitative estimate of drug-likeness (QED) is 0.675. The van der Waals surface area contributed by atoms with E-state index in [2.05, 4.69) is 10.6 Å². The molecule has 3 nitrogen and oxygen atoms in total. The Kier molecular flexibility index (Phi) is 7.09. The summed E-state index contributed by atoms with van der Waals surface area (Å²) in [6, 6.07) is 19.1. The van der Waals surface area contributed by atoms with Crippen molar-refractivity contribution in [1.82, 2.24) is 10.6 Å². The van der Waals surface area contributed by atoms with E-state index < -0.39 is 0 Å². The fourth-order valence-electron chi connectivity index (χ4n) is 2.04. The van der Waals surface area contributed by atoms with Gasteiger partial charge in [-0.1, -0.05) is 66.7 Å². The predicted octanol–water partition coefficient (Wildman–Crippen LogP) is 2.76. The maximum atomic E-state index is 11.7. The van der Waals surface area contributed by atoms with Gasteiger partial charge < -0.3 is 10.6 Å². The van der Waals surface area contributed by atoms with Crippen LogP contribution in [-0.2, 0) is 0 Å². The molecule has 0 spiro atoms. The molecule has 0 saturated carbocycles. The summed E-state index contributed by atoms with van der Waals surface area (Å²) in [5.41, 5.74) is 1.75. The minimum Gasteiger partial charge on any atom is -0.314 e. The molecular weight excluding hydrogens is 272 g/mol. The molecule has 2 N–H and O–H groups in total. The first-order valence-corrected chi connectivity index (χ1v) is 7.60. The van der Waals surface area contributed by atoms with Crippen LogP contribution >= 0.6 is 0 Å². The second kappa shape index (κ2) is 9.66. The summed E-state index contributed by atoms with van der Waals surface area (Å²) < 4.78 is 0. The topological polar surface area (TPSA) is 41.1 Å². The van der Waals surface area contributed by atoms with Crippen molar-refractivity contribution in [2.45, 2.75) is 0 Å². The van der Waals surface area contributed by atoms with Gasteiger partial charge in [-0.3, -0.25) is 4.79 Å². The van der Waals surface area contributed by atoms with E-state index >= 15 is 0 Å². The van der Waals surface area contributed by atoms with Gasteiger partial charge in [-0.15, -0.1) is 0 Å². The molecule has 0 bridgehead atoms. The number of hydrogen-bond donors (Lipinski definition) is 2. The van der Waals surface area contributed by atoms with Crippen LogP contribution in [0.4, 0.5) is 0 Å². The third kappa shape index (κ3) is 6.04.